The van der Waals surface area contributed by atoms with E-state index in [1.807, 2.05) is 44.9 Å². The van der Waals surface area contributed by atoms with Crippen molar-refractivity contribution in [2.45, 2.75) is 20.0 Å². The van der Waals surface area contributed by atoms with Crippen molar-refractivity contribution >= 4 is 28.3 Å². The Morgan fingerprint density at radius 1 is 1.16 bits per heavy atom. The largest absolute Gasteiger partial charge is 0.349 e. The number of hydrogen-bond acceptors (Lipinski definition) is 6. The van der Waals surface area contributed by atoms with Crippen molar-refractivity contribution in [3.63, 3.8) is 0 Å². The second kappa shape index (κ2) is 5.21. The molecule has 1 aliphatic rings. The molecular weight excluding hydrogens is 258 g/mol. The van der Waals surface area contributed by atoms with E-state index in [0.717, 1.165) is 11.9 Å². The lowest BCUT2D eigenvalue weighted by molar-refractivity contribution is 0.499. The minimum atomic E-state index is -0.0490. The average Bonchev–Trinajstić information content (AvgIpc) is 2.77. The van der Waals surface area contributed by atoms with E-state index in [4.69, 9.17) is 0 Å². The third-order valence-corrected chi connectivity index (χ3v) is 4.04. The lowest BCUT2D eigenvalue weighted by Crippen LogP contribution is -2.51. The highest BCUT2D eigenvalue weighted by Crippen LogP contribution is 2.26. The van der Waals surface area contributed by atoms with Crippen molar-refractivity contribution in [2.24, 2.45) is 9.98 Å². The fraction of sp³-hybridized carbons (Fsp3) is 0.538. The van der Waals surface area contributed by atoms with Gasteiger partial charge in [-0.2, -0.15) is 0 Å². The lowest BCUT2D eigenvalue weighted by atomic mass is 10.4. The van der Waals surface area contributed by atoms with Gasteiger partial charge in [0.1, 0.15) is 6.17 Å². The molecule has 0 spiro atoms. The maximum atomic E-state index is 4.64. The van der Waals surface area contributed by atoms with Gasteiger partial charge in [-0.05, 0) is 26.0 Å². The number of anilines is 1. The molecule has 2 rings (SSSR count). The minimum Gasteiger partial charge on any atom is -0.349 e. The number of rotatable bonds is 1. The summed E-state index contributed by atoms with van der Waals surface area (Å²) >= 11 is 1.77. The van der Waals surface area contributed by atoms with Crippen LogP contribution < -0.4 is 4.90 Å². The molecule has 0 radical (unpaired) electrons. The summed E-state index contributed by atoms with van der Waals surface area (Å²) in [5, 5.41) is 1.19. The first-order valence-electron chi connectivity index (χ1n) is 6.27. The zero-order valence-corrected chi connectivity index (χ0v) is 13.2. The zero-order valence-electron chi connectivity index (χ0n) is 12.4. The number of aliphatic imine (C=N–C) groups is 2. The van der Waals surface area contributed by atoms with Crippen LogP contribution in [0, 0.1) is 6.92 Å². The summed E-state index contributed by atoms with van der Waals surface area (Å²) in [6.45, 7) is 4.12. The fourth-order valence-electron chi connectivity index (χ4n) is 2.05. The molecule has 1 aromatic rings. The van der Waals surface area contributed by atoms with Gasteiger partial charge < -0.3 is 9.80 Å². The van der Waals surface area contributed by atoms with Crippen molar-refractivity contribution in [1.82, 2.24) is 9.80 Å². The fourth-order valence-corrected chi connectivity index (χ4v) is 2.87. The van der Waals surface area contributed by atoms with Crippen LogP contribution in [0.3, 0.4) is 0 Å². The quantitative estimate of drug-likeness (QED) is 0.789. The second-order valence-corrected chi connectivity index (χ2v) is 6.15. The van der Waals surface area contributed by atoms with E-state index >= 15 is 0 Å². The molecule has 1 aromatic heterocycles. The summed E-state index contributed by atoms with van der Waals surface area (Å²) in [6, 6.07) is 4.26. The molecule has 1 atom stereocenters. The maximum Gasteiger partial charge on any atom is 0.210 e. The third-order valence-electron chi connectivity index (χ3n) is 2.96. The molecule has 0 aliphatic carbocycles. The molecule has 104 valence electrons. The summed E-state index contributed by atoms with van der Waals surface area (Å²) < 4.78 is 0. The van der Waals surface area contributed by atoms with Crippen LogP contribution in [0.5, 0.6) is 0 Å². The summed E-state index contributed by atoms with van der Waals surface area (Å²) in [7, 11) is 8.05. The smallest absolute Gasteiger partial charge is 0.210 e. The van der Waals surface area contributed by atoms with Gasteiger partial charge in [-0.1, -0.05) is 0 Å². The first-order chi connectivity index (χ1) is 8.90. The molecule has 5 nitrogen and oxygen atoms in total. The van der Waals surface area contributed by atoms with E-state index in [1.54, 1.807) is 11.3 Å². The number of hydrogen-bond donors (Lipinski definition) is 0. The molecular formula is C13H21N5S. The molecule has 0 aromatic carbocycles. The van der Waals surface area contributed by atoms with Crippen molar-refractivity contribution in [3.8, 4) is 0 Å². The Morgan fingerprint density at radius 2 is 1.79 bits per heavy atom. The van der Waals surface area contributed by atoms with Crippen molar-refractivity contribution in [3.05, 3.63) is 17.0 Å². The average molecular weight is 279 g/mol. The molecule has 0 fully saturated rings. The lowest BCUT2D eigenvalue weighted by Gasteiger charge is -2.35. The Hall–Kier alpha value is -1.56. The molecule has 1 unspecified atom stereocenters. The van der Waals surface area contributed by atoms with Gasteiger partial charge in [0, 0.05) is 33.1 Å². The van der Waals surface area contributed by atoms with Crippen molar-refractivity contribution in [1.29, 1.82) is 0 Å². The molecule has 0 bridgehead atoms. The van der Waals surface area contributed by atoms with E-state index in [2.05, 4.69) is 33.9 Å². The van der Waals surface area contributed by atoms with E-state index in [1.165, 1.54) is 9.88 Å². The number of guanidine groups is 2. The van der Waals surface area contributed by atoms with Crippen LogP contribution in [0.4, 0.5) is 5.00 Å². The van der Waals surface area contributed by atoms with Gasteiger partial charge in [-0.3, -0.25) is 4.90 Å². The first kappa shape index (κ1) is 13.9. The van der Waals surface area contributed by atoms with Gasteiger partial charge in [0.25, 0.3) is 0 Å². The number of aryl methyl sites for hydroxylation is 1. The number of nitrogens with zero attached hydrogens (tertiary/aromatic N) is 5. The second-order valence-electron chi connectivity index (χ2n) is 4.89. The van der Waals surface area contributed by atoms with Gasteiger partial charge in [0.15, 0.2) is 0 Å². The van der Waals surface area contributed by atoms with Crippen LogP contribution in [-0.4, -0.2) is 56.1 Å². The first-order valence-corrected chi connectivity index (χ1v) is 7.08. The van der Waals surface area contributed by atoms with E-state index in [-0.39, 0.29) is 6.17 Å². The SMILES string of the molecule is Cc1ccc(N(C)C2=NC(C)N=C(N(C)C)N2C)s1. The zero-order chi connectivity index (χ0) is 14.2. The number of thiophene rings is 1. The Bertz CT molecular complexity index is 517. The van der Waals surface area contributed by atoms with Gasteiger partial charge in [-0.25, -0.2) is 9.98 Å². The summed E-state index contributed by atoms with van der Waals surface area (Å²) in [5.74, 6) is 1.85. The molecule has 19 heavy (non-hydrogen) atoms. The highest BCUT2D eigenvalue weighted by Gasteiger charge is 2.25. The minimum absolute atomic E-state index is 0.0490. The van der Waals surface area contributed by atoms with Crippen LogP contribution in [0.15, 0.2) is 22.1 Å². The van der Waals surface area contributed by atoms with Crippen molar-refractivity contribution in [2.75, 3.05) is 33.1 Å². The van der Waals surface area contributed by atoms with Crippen LogP contribution in [0.2, 0.25) is 0 Å². The topological polar surface area (TPSA) is 34.4 Å². The Kier molecular flexibility index (Phi) is 3.80. The standard InChI is InChI=1S/C13H21N5S/c1-9-7-8-11(19-9)17(5)13-15-10(2)14-12(16(3)4)18(13)6/h7-8,10H,1-6H3. The van der Waals surface area contributed by atoms with Crippen LogP contribution in [-0.2, 0) is 0 Å². The third kappa shape index (κ3) is 2.73. The molecule has 0 amide bonds. The Morgan fingerprint density at radius 3 is 2.32 bits per heavy atom. The van der Waals surface area contributed by atoms with E-state index < -0.39 is 0 Å². The predicted octanol–water partition coefficient (Wildman–Crippen LogP) is 2.06. The van der Waals surface area contributed by atoms with Gasteiger partial charge in [0.05, 0.1) is 5.00 Å². The van der Waals surface area contributed by atoms with Gasteiger partial charge in [-0.15, -0.1) is 11.3 Å². The Balaban J connectivity index is 2.29. The summed E-state index contributed by atoms with van der Waals surface area (Å²) in [6.07, 6.45) is -0.0490. The normalized spacial score (nSPS) is 19.1. The maximum absolute atomic E-state index is 4.64. The van der Waals surface area contributed by atoms with Crippen LogP contribution in [0.25, 0.3) is 0 Å². The molecule has 2 heterocycles. The predicted molar refractivity (Wildman–Crippen MR) is 83.2 cm³/mol. The van der Waals surface area contributed by atoms with Gasteiger partial charge >= 0.3 is 0 Å². The molecule has 0 N–H and O–H groups in total. The monoisotopic (exact) mass is 279 g/mol. The van der Waals surface area contributed by atoms with Crippen LogP contribution in [0.1, 0.15) is 11.8 Å². The van der Waals surface area contributed by atoms with Crippen molar-refractivity contribution < 1.29 is 0 Å². The Labute approximate surface area is 118 Å². The van der Waals surface area contributed by atoms with Gasteiger partial charge in [0.2, 0.25) is 11.9 Å². The van der Waals surface area contributed by atoms with E-state index in [9.17, 15) is 0 Å². The highest BCUT2D eigenvalue weighted by atomic mass is 32.1. The molecule has 6 heteroatoms. The summed E-state index contributed by atoms with van der Waals surface area (Å²) in [5.41, 5.74) is 0. The van der Waals surface area contributed by atoms with Crippen LogP contribution >= 0.6 is 11.3 Å². The van der Waals surface area contributed by atoms with E-state index in [0.29, 0.717) is 0 Å². The molecule has 1 aliphatic heterocycles. The highest BCUT2D eigenvalue weighted by molar-refractivity contribution is 7.16. The summed E-state index contributed by atoms with van der Waals surface area (Å²) in [4.78, 5) is 16.6. The molecule has 0 saturated heterocycles. The molecule has 0 saturated carbocycles.